The first-order chi connectivity index (χ1) is 16.7. The average molecular weight is 471 g/mol. The number of anilines is 1. The summed E-state index contributed by atoms with van der Waals surface area (Å²) >= 11 is 0. The molecule has 0 spiro atoms. The molecular formula is C28H23FN2O4. The fourth-order valence-corrected chi connectivity index (χ4v) is 4.09. The summed E-state index contributed by atoms with van der Waals surface area (Å²) in [6.07, 6.45) is -0.0997. The van der Waals surface area contributed by atoms with Crippen molar-refractivity contribution in [3.63, 3.8) is 0 Å². The first-order valence-corrected chi connectivity index (χ1v) is 11.1. The molecule has 1 aliphatic heterocycles. The summed E-state index contributed by atoms with van der Waals surface area (Å²) in [7, 11) is 0. The molecule has 6 nitrogen and oxygen atoms in total. The predicted octanol–water partition coefficient (Wildman–Crippen LogP) is 5.42. The predicted molar refractivity (Wildman–Crippen MR) is 129 cm³/mol. The monoisotopic (exact) mass is 470 g/mol. The molecule has 0 radical (unpaired) electrons. The molecule has 1 saturated heterocycles. The highest BCUT2D eigenvalue weighted by atomic mass is 19.1. The Kier molecular flexibility index (Phi) is 6.39. The summed E-state index contributed by atoms with van der Waals surface area (Å²) in [5.74, 6) is -2.00. The molecule has 4 rings (SSSR count). The molecule has 1 atom stereocenters. The van der Waals surface area contributed by atoms with Gasteiger partial charge >= 0.3 is 0 Å². The van der Waals surface area contributed by atoms with Crippen molar-refractivity contribution >= 4 is 23.1 Å². The van der Waals surface area contributed by atoms with E-state index in [0.29, 0.717) is 28.1 Å². The number of halogens is 1. The number of hydrogen-bond acceptors (Lipinski definition) is 5. The number of aryl methyl sites for hydroxylation is 1. The van der Waals surface area contributed by atoms with Gasteiger partial charge in [0, 0.05) is 11.3 Å². The van der Waals surface area contributed by atoms with E-state index < -0.39 is 29.3 Å². The lowest BCUT2D eigenvalue weighted by molar-refractivity contribution is -0.132. The molecule has 7 heteroatoms. The van der Waals surface area contributed by atoms with Gasteiger partial charge in [-0.3, -0.25) is 14.5 Å². The van der Waals surface area contributed by atoms with Crippen molar-refractivity contribution in [2.24, 2.45) is 0 Å². The minimum Gasteiger partial charge on any atom is -0.507 e. The Morgan fingerprint density at radius 1 is 1.09 bits per heavy atom. The fraction of sp³-hybridized carbons (Fsp3) is 0.179. The van der Waals surface area contributed by atoms with Crippen LogP contribution in [0.1, 0.15) is 42.1 Å². The number of aliphatic hydroxyl groups excluding tert-OH is 1. The first kappa shape index (κ1) is 23.7. The molecule has 1 fully saturated rings. The molecule has 1 unspecified atom stereocenters. The highest BCUT2D eigenvalue weighted by Gasteiger charge is 2.47. The van der Waals surface area contributed by atoms with E-state index in [9.17, 15) is 19.1 Å². The zero-order valence-electron chi connectivity index (χ0n) is 19.4. The van der Waals surface area contributed by atoms with Crippen molar-refractivity contribution in [1.82, 2.24) is 0 Å². The molecule has 3 aromatic rings. The molecular weight excluding hydrogens is 447 g/mol. The van der Waals surface area contributed by atoms with Crippen molar-refractivity contribution < 1.29 is 23.8 Å². The van der Waals surface area contributed by atoms with Crippen LogP contribution in [0.4, 0.5) is 10.1 Å². The fourth-order valence-electron chi connectivity index (χ4n) is 4.09. The Morgan fingerprint density at radius 3 is 2.43 bits per heavy atom. The smallest absolute Gasteiger partial charge is 0.300 e. The SMILES string of the molecule is Cc1cc(/C(O)=C2/C(=O)C(=O)N(c3ccc(C#N)cc3)C2c2cccc(OC(C)C)c2)ccc1F. The number of aliphatic hydroxyl groups is 1. The lowest BCUT2D eigenvalue weighted by Gasteiger charge is -2.26. The number of ketones is 1. The van der Waals surface area contributed by atoms with Crippen LogP contribution in [0.15, 0.2) is 72.3 Å². The quantitative estimate of drug-likeness (QED) is 0.306. The topological polar surface area (TPSA) is 90.6 Å². The summed E-state index contributed by atoms with van der Waals surface area (Å²) < 4.78 is 19.7. The lowest BCUT2D eigenvalue weighted by Crippen LogP contribution is -2.29. The number of ether oxygens (including phenoxy) is 1. The molecule has 0 aromatic heterocycles. The highest BCUT2D eigenvalue weighted by molar-refractivity contribution is 6.51. The molecule has 1 heterocycles. The Balaban J connectivity index is 1.93. The Morgan fingerprint density at radius 2 is 1.80 bits per heavy atom. The van der Waals surface area contributed by atoms with Gasteiger partial charge in [-0.2, -0.15) is 5.26 Å². The van der Waals surface area contributed by atoms with E-state index in [1.54, 1.807) is 55.5 Å². The third-order valence-corrected chi connectivity index (χ3v) is 5.70. The minimum absolute atomic E-state index is 0.0997. The molecule has 1 N–H and O–H groups in total. The standard InChI is InChI=1S/C28H23FN2O4/c1-16(2)35-22-6-4-5-19(14-22)25-24(26(32)20-9-12-23(29)17(3)13-20)27(33)28(34)31(25)21-10-7-18(15-30)8-11-21/h4-14,16,25,32H,1-3H3/b26-24-. The Bertz CT molecular complexity index is 1390. The van der Waals surface area contributed by atoms with Gasteiger partial charge < -0.3 is 9.84 Å². The van der Waals surface area contributed by atoms with Crippen LogP contribution in [-0.4, -0.2) is 22.9 Å². The minimum atomic E-state index is -0.969. The van der Waals surface area contributed by atoms with Crippen LogP contribution in [0, 0.1) is 24.1 Å². The molecule has 1 amide bonds. The molecule has 3 aromatic carbocycles. The maximum Gasteiger partial charge on any atom is 0.300 e. The summed E-state index contributed by atoms with van der Waals surface area (Å²) in [6.45, 7) is 5.31. The molecule has 35 heavy (non-hydrogen) atoms. The Hall–Kier alpha value is -4.44. The second-order valence-electron chi connectivity index (χ2n) is 8.53. The average Bonchev–Trinajstić information content (AvgIpc) is 3.10. The van der Waals surface area contributed by atoms with Crippen LogP contribution in [0.5, 0.6) is 5.75 Å². The zero-order chi connectivity index (χ0) is 25.3. The van der Waals surface area contributed by atoms with Crippen molar-refractivity contribution in [3.05, 3.63) is 100 Å². The van der Waals surface area contributed by atoms with Gasteiger partial charge in [0.15, 0.2) is 0 Å². The number of carbonyl (C=O) groups excluding carboxylic acids is 2. The molecule has 176 valence electrons. The van der Waals surface area contributed by atoms with E-state index in [-0.39, 0.29) is 17.2 Å². The molecule has 0 saturated carbocycles. The van der Waals surface area contributed by atoms with Crippen molar-refractivity contribution in [2.75, 3.05) is 4.90 Å². The summed E-state index contributed by atoms with van der Waals surface area (Å²) in [4.78, 5) is 27.8. The van der Waals surface area contributed by atoms with E-state index >= 15 is 0 Å². The third kappa shape index (κ3) is 4.51. The van der Waals surface area contributed by atoms with Gasteiger partial charge in [0.2, 0.25) is 0 Å². The number of nitriles is 1. The summed E-state index contributed by atoms with van der Waals surface area (Å²) in [5.41, 5.74) is 1.73. The second-order valence-corrected chi connectivity index (χ2v) is 8.53. The summed E-state index contributed by atoms with van der Waals surface area (Å²) in [6, 6.07) is 18.3. The number of carbonyl (C=O) groups is 2. The van der Waals surface area contributed by atoms with Gasteiger partial charge in [-0.25, -0.2) is 4.39 Å². The number of benzene rings is 3. The van der Waals surface area contributed by atoms with E-state index in [1.165, 1.54) is 23.1 Å². The number of Topliss-reactive ketones (excluding diaryl/α,β-unsaturated/α-hetero) is 1. The van der Waals surface area contributed by atoms with Crippen LogP contribution in [0.3, 0.4) is 0 Å². The first-order valence-electron chi connectivity index (χ1n) is 11.1. The van der Waals surface area contributed by atoms with Crippen LogP contribution in [0.2, 0.25) is 0 Å². The number of hydrogen-bond donors (Lipinski definition) is 1. The largest absolute Gasteiger partial charge is 0.507 e. The van der Waals surface area contributed by atoms with Crippen LogP contribution in [0.25, 0.3) is 5.76 Å². The van der Waals surface area contributed by atoms with Gasteiger partial charge in [-0.15, -0.1) is 0 Å². The van der Waals surface area contributed by atoms with Gasteiger partial charge in [0.25, 0.3) is 11.7 Å². The Labute approximate surface area is 202 Å². The van der Waals surface area contributed by atoms with Gasteiger partial charge in [-0.05, 0) is 86.5 Å². The maximum atomic E-state index is 13.8. The van der Waals surface area contributed by atoms with E-state index in [0.717, 1.165) is 0 Å². The summed E-state index contributed by atoms with van der Waals surface area (Å²) in [5, 5.41) is 20.3. The molecule has 0 bridgehead atoms. The highest BCUT2D eigenvalue weighted by Crippen LogP contribution is 2.43. The number of rotatable bonds is 5. The number of amides is 1. The van der Waals surface area contributed by atoms with Crippen LogP contribution >= 0.6 is 0 Å². The van der Waals surface area contributed by atoms with Crippen LogP contribution < -0.4 is 9.64 Å². The van der Waals surface area contributed by atoms with Gasteiger partial charge in [0.05, 0.1) is 29.4 Å². The lowest BCUT2D eigenvalue weighted by atomic mass is 9.94. The van der Waals surface area contributed by atoms with Gasteiger partial charge in [-0.1, -0.05) is 12.1 Å². The van der Waals surface area contributed by atoms with E-state index in [2.05, 4.69) is 0 Å². The van der Waals surface area contributed by atoms with Crippen molar-refractivity contribution in [3.8, 4) is 11.8 Å². The second kappa shape index (κ2) is 9.43. The van der Waals surface area contributed by atoms with Crippen molar-refractivity contribution in [2.45, 2.75) is 32.9 Å². The zero-order valence-corrected chi connectivity index (χ0v) is 19.4. The maximum absolute atomic E-state index is 13.8. The third-order valence-electron chi connectivity index (χ3n) is 5.70. The normalized spacial score (nSPS) is 17.0. The van der Waals surface area contributed by atoms with E-state index in [1.807, 2.05) is 19.9 Å². The van der Waals surface area contributed by atoms with Crippen LogP contribution in [-0.2, 0) is 9.59 Å². The van der Waals surface area contributed by atoms with Crippen molar-refractivity contribution in [1.29, 1.82) is 5.26 Å². The van der Waals surface area contributed by atoms with Gasteiger partial charge in [0.1, 0.15) is 17.3 Å². The molecule has 1 aliphatic rings. The van der Waals surface area contributed by atoms with E-state index in [4.69, 9.17) is 10.00 Å². The molecule has 0 aliphatic carbocycles. The number of nitrogens with zero attached hydrogens (tertiary/aromatic N) is 2.